The van der Waals surface area contributed by atoms with Crippen LogP contribution in [0.1, 0.15) is 52.9 Å². The highest BCUT2D eigenvalue weighted by atomic mass is 32.1. The number of carbonyl (C=O) groups is 2. The Morgan fingerprint density at radius 3 is 2.65 bits per heavy atom. The second-order valence-electron chi connectivity index (χ2n) is 7.73. The van der Waals surface area contributed by atoms with Crippen LogP contribution in [-0.2, 0) is 27.4 Å². The lowest BCUT2D eigenvalue weighted by atomic mass is 9.98. The number of fused-ring (bicyclic) bond motifs is 1. The highest BCUT2D eigenvalue weighted by Crippen LogP contribution is 2.29. The van der Waals surface area contributed by atoms with Crippen molar-refractivity contribution in [2.45, 2.75) is 58.3 Å². The van der Waals surface area contributed by atoms with Gasteiger partial charge in [-0.25, -0.2) is 9.78 Å². The van der Waals surface area contributed by atoms with Crippen LogP contribution in [0.15, 0.2) is 41.5 Å². The lowest BCUT2D eigenvalue weighted by Crippen LogP contribution is -2.25. The van der Waals surface area contributed by atoms with Crippen molar-refractivity contribution in [1.29, 1.82) is 0 Å². The SMILES string of the molecule is Cc1c(C(=O)OC2CCCCC2)sc2ncn(CC(=O)OCc3ccccc3)c(=O)c12. The number of aryl methyl sites for hydroxylation is 1. The Morgan fingerprint density at radius 1 is 1.16 bits per heavy atom. The second kappa shape index (κ2) is 9.43. The van der Waals surface area contributed by atoms with E-state index in [2.05, 4.69) is 4.98 Å². The highest BCUT2D eigenvalue weighted by molar-refractivity contribution is 7.20. The second-order valence-corrected chi connectivity index (χ2v) is 8.72. The third kappa shape index (κ3) is 4.85. The van der Waals surface area contributed by atoms with Gasteiger partial charge in [-0.2, -0.15) is 0 Å². The number of aromatic nitrogens is 2. The molecule has 2 aromatic heterocycles. The van der Waals surface area contributed by atoms with Crippen molar-refractivity contribution in [2.75, 3.05) is 0 Å². The Morgan fingerprint density at radius 2 is 1.90 bits per heavy atom. The zero-order valence-electron chi connectivity index (χ0n) is 17.3. The molecule has 3 aromatic rings. The molecule has 1 fully saturated rings. The normalized spacial score (nSPS) is 14.5. The molecule has 2 heterocycles. The van der Waals surface area contributed by atoms with Gasteiger partial charge in [-0.05, 0) is 43.7 Å². The highest BCUT2D eigenvalue weighted by Gasteiger charge is 2.24. The maximum atomic E-state index is 13.0. The molecule has 0 unspecified atom stereocenters. The standard InChI is InChI=1S/C23H24N2O5S/c1-15-19-21(31-20(15)23(28)30-17-10-6-3-7-11-17)24-14-25(22(19)27)12-18(26)29-13-16-8-4-2-5-9-16/h2,4-5,8-9,14,17H,3,6-7,10-13H2,1H3. The van der Waals surface area contributed by atoms with Crippen molar-refractivity contribution in [2.24, 2.45) is 0 Å². The first-order valence-corrected chi connectivity index (χ1v) is 11.2. The number of carbonyl (C=O) groups excluding carboxylic acids is 2. The van der Waals surface area contributed by atoms with Crippen LogP contribution in [0.4, 0.5) is 0 Å². The van der Waals surface area contributed by atoms with Crippen LogP contribution >= 0.6 is 11.3 Å². The van der Waals surface area contributed by atoms with Crippen molar-refractivity contribution in [3.8, 4) is 0 Å². The third-order valence-electron chi connectivity index (χ3n) is 5.47. The Hall–Kier alpha value is -3.00. The summed E-state index contributed by atoms with van der Waals surface area (Å²) in [5.41, 5.74) is 1.05. The van der Waals surface area contributed by atoms with E-state index in [1.165, 1.54) is 17.3 Å². The zero-order chi connectivity index (χ0) is 21.8. The Kier molecular flexibility index (Phi) is 6.46. The molecule has 0 atom stereocenters. The van der Waals surface area contributed by atoms with Crippen molar-refractivity contribution in [3.05, 3.63) is 63.0 Å². The van der Waals surface area contributed by atoms with Gasteiger partial charge in [0.1, 0.15) is 29.0 Å². The molecule has 1 saturated carbocycles. The molecule has 162 valence electrons. The fraction of sp³-hybridized carbons (Fsp3) is 0.391. The minimum Gasteiger partial charge on any atom is -0.459 e. The number of esters is 2. The van der Waals surface area contributed by atoms with E-state index in [4.69, 9.17) is 9.47 Å². The van der Waals surface area contributed by atoms with Gasteiger partial charge >= 0.3 is 11.9 Å². The molecule has 0 saturated heterocycles. The van der Waals surface area contributed by atoms with Gasteiger partial charge in [0.2, 0.25) is 0 Å². The zero-order valence-corrected chi connectivity index (χ0v) is 18.2. The summed E-state index contributed by atoms with van der Waals surface area (Å²) < 4.78 is 12.1. The van der Waals surface area contributed by atoms with Crippen LogP contribution in [-0.4, -0.2) is 27.6 Å². The molecule has 4 rings (SSSR count). The van der Waals surface area contributed by atoms with E-state index < -0.39 is 11.9 Å². The first-order chi connectivity index (χ1) is 15.0. The van der Waals surface area contributed by atoms with Gasteiger partial charge in [0.05, 0.1) is 11.7 Å². The van der Waals surface area contributed by atoms with E-state index in [1.807, 2.05) is 30.3 Å². The lowest BCUT2D eigenvalue weighted by molar-refractivity contribution is -0.145. The Bertz CT molecular complexity index is 1150. The molecule has 1 aliphatic rings. The molecular weight excluding hydrogens is 416 g/mol. The molecule has 7 nitrogen and oxygen atoms in total. The van der Waals surface area contributed by atoms with Crippen LogP contribution in [0.25, 0.3) is 10.2 Å². The number of thiophene rings is 1. The number of benzene rings is 1. The molecule has 1 aliphatic carbocycles. The number of nitrogens with zero attached hydrogens (tertiary/aromatic N) is 2. The van der Waals surface area contributed by atoms with Gasteiger partial charge in [-0.3, -0.25) is 14.2 Å². The molecule has 0 N–H and O–H groups in total. The van der Waals surface area contributed by atoms with Crippen molar-refractivity contribution in [3.63, 3.8) is 0 Å². The van der Waals surface area contributed by atoms with Crippen LogP contribution < -0.4 is 5.56 Å². The van der Waals surface area contributed by atoms with Crippen molar-refractivity contribution < 1.29 is 19.1 Å². The summed E-state index contributed by atoms with van der Waals surface area (Å²) in [6.07, 6.45) is 6.33. The molecule has 0 aliphatic heterocycles. The largest absolute Gasteiger partial charge is 0.459 e. The van der Waals surface area contributed by atoms with Crippen LogP contribution in [0.2, 0.25) is 0 Å². The lowest BCUT2D eigenvalue weighted by Gasteiger charge is -2.21. The molecular formula is C23H24N2O5S. The average Bonchev–Trinajstić information content (AvgIpc) is 3.13. The van der Waals surface area contributed by atoms with E-state index in [9.17, 15) is 14.4 Å². The number of hydrogen-bond donors (Lipinski definition) is 0. The average molecular weight is 441 g/mol. The Balaban J connectivity index is 1.49. The maximum Gasteiger partial charge on any atom is 0.348 e. The molecule has 31 heavy (non-hydrogen) atoms. The minimum absolute atomic E-state index is 0.0603. The van der Waals surface area contributed by atoms with Gasteiger partial charge in [-0.15, -0.1) is 11.3 Å². The quantitative estimate of drug-likeness (QED) is 0.539. The number of ether oxygens (including phenoxy) is 2. The fourth-order valence-electron chi connectivity index (χ4n) is 3.78. The number of hydrogen-bond acceptors (Lipinski definition) is 7. The summed E-state index contributed by atoms with van der Waals surface area (Å²) in [6.45, 7) is 1.61. The minimum atomic E-state index is -0.531. The smallest absolute Gasteiger partial charge is 0.348 e. The summed E-state index contributed by atoms with van der Waals surface area (Å²) in [5, 5.41) is 0.346. The first kappa shape index (κ1) is 21.2. The van der Waals surface area contributed by atoms with Gasteiger partial charge in [0, 0.05) is 0 Å². The first-order valence-electron chi connectivity index (χ1n) is 10.4. The van der Waals surface area contributed by atoms with E-state index in [1.54, 1.807) is 6.92 Å². The topological polar surface area (TPSA) is 87.5 Å². The number of rotatable bonds is 6. The molecule has 0 radical (unpaired) electrons. The van der Waals surface area contributed by atoms with Crippen molar-refractivity contribution >= 4 is 33.5 Å². The molecule has 0 spiro atoms. The van der Waals surface area contributed by atoms with Crippen LogP contribution in [0, 0.1) is 6.92 Å². The van der Waals surface area contributed by atoms with Gasteiger partial charge < -0.3 is 9.47 Å². The summed E-state index contributed by atoms with van der Waals surface area (Å²) in [5.74, 6) is -0.933. The van der Waals surface area contributed by atoms with E-state index >= 15 is 0 Å². The van der Waals surface area contributed by atoms with E-state index in [0.717, 1.165) is 42.6 Å². The van der Waals surface area contributed by atoms with E-state index in [-0.39, 0.29) is 24.8 Å². The van der Waals surface area contributed by atoms with Gasteiger partial charge in [0.15, 0.2) is 0 Å². The van der Waals surface area contributed by atoms with Crippen LogP contribution in [0.5, 0.6) is 0 Å². The predicted octanol–water partition coefficient (Wildman–Crippen LogP) is 4.00. The van der Waals surface area contributed by atoms with E-state index in [0.29, 0.717) is 20.7 Å². The fourth-order valence-corrected chi connectivity index (χ4v) is 4.80. The monoisotopic (exact) mass is 440 g/mol. The Labute approximate surface area is 183 Å². The molecule has 0 amide bonds. The summed E-state index contributed by atoms with van der Waals surface area (Å²) in [4.78, 5) is 43.0. The summed E-state index contributed by atoms with van der Waals surface area (Å²) >= 11 is 1.15. The summed E-state index contributed by atoms with van der Waals surface area (Å²) in [7, 11) is 0. The van der Waals surface area contributed by atoms with Gasteiger partial charge in [-0.1, -0.05) is 36.8 Å². The van der Waals surface area contributed by atoms with Crippen molar-refractivity contribution in [1.82, 2.24) is 9.55 Å². The predicted molar refractivity (Wildman–Crippen MR) is 117 cm³/mol. The summed E-state index contributed by atoms with van der Waals surface area (Å²) in [6, 6.07) is 9.32. The third-order valence-corrected chi connectivity index (χ3v) is 6.65. The molecule has 0 bridgehead atoms. The molecule has 8 heteroatoms. The van der Waals surface area contributed by atoms with Crippen LogP contribution in [0.3, 0.4) is 0 Å². The van der Waals surface area contributed by atoms with Gasteiger partial charge in [0.25, 0.3) is 5.56 Å². The maximum absolute atomic E-state index is 13.0. The molecule has 1 aromatic carbocycles.